The summed E-state index contributed by atoms with van der Waals surface area (Å²) >= 11 is 0. The van der Waals surface area contributed by atoms with Crippen molar-refractivity contribution in [3.8, 4) is 0 Å². The van der Waals surface area contributed by atoms with Gasteiger partial charge in [0.25, 0.3) is 0 Å². The summed E-state index contributed by atoms with van der Waals surface area (Å²) in [7, 11) is -5.62. The topological polar surface area (TPSA) is 359 Å². The molecule has 2 heterocycles. The molecule has 2 fully saturated rings. The normalized spacial score (nSPS) is 20.5. The van der Waals surface area contributed by atoms with E-state index in [0.717, 1.165) is 205 Å². The van der Waals surface area contributed by atoms with Crippen LogP contribution in [-0.4, -0.2) is 170 Å². The average molecular weight is 1720 g/mol. The third-order valence-electron chi connectivity index (χ3n) is 23.6. The van der Waals surface area contributed by atoms with Gasteiger partial charge >= 0.3 is 31.7 Å². The van der Waals surface area contributed by atoms with Crippen LogP contribution in [0.15, 0.2) is 0 Å². The summed E-state index contributed by atoms with van der Waals surface area (Å²) in [6.07, 6.45) is 38.1. The largest absolute Gasteiger partial charge is 0.470 e. The van der Waals surface area contributed by atoms with E-state index in [1.165, 1.54) is 116 Å². The van der Waals surface area contributed by atoms with Gasteiger partial charge in [0.1, 0.15) is 48.7 Å². The molecule has 0 aliphatic carbocycles. The summed E-state index contributed by atoms with van der Waals surface area (Å²) in [6, 6.07) is -3.47. The number of phosphoric acid groups is 1. The second-order valence-electron chi connectivity index (χ2n) is 35.0. The maximum absolute atomic E-state index is 15.1. The van der Waals surface area contributed by atoms with Gasteiger partial charge in [-0.2, -0.15) is 0 Å². The molecule has 700 valence electrons. The number of hydrogen-bond acceptors (Lipinski definition) is 20. The van der Waals surface area contributed by atoms with Crippen molar-refractivity contribution < 1.29 is 106 Å². The predicted octanol–water partition coefficient (Wildman–Crippen LogP) is 20.5. The molecule has 0 aromatic rings. The van der Waals surface area contributed by atoms with Crippen LogP contribution < -0.4 is 10.6 Å². The summed E-state index contributed by atoms with van der Waals surface area (Å²) in [5.74, 6) is -4.56. The lowest BCUT2D eigenvalue weighted by Gasteiger charge is -2.46. The Bertz CT molecular complexity index is 2520. The van der Waals surface area contributed by atoms with E-state index in [9.17, 15) is 63.9 Å². The number of hydrogen-bond donors (Lipinski definition) is 9. The zero-order valence-electron chi connectivity index (χ0n) is 75.9. The molecule has 9 N–H and O–H groups in total. The summed E-state index contributed by atoms with van der Waals surface area (Å²) < 4.78 is 61.8. The second kappa shape index (κ2) is 74.8. The van der Waals surface area contributed by atoms with Crippen molar-refractivity contribution in [3.63, 3.8) is 0 Å². The van der Waals surface area contributed by atoms with Crippen LogP contribution in [0.5, 0.6) is 0 Å². The van der Waals surface area contributed by atoms with Crippen molar-refractivity contribution in [2.75, 3.05) is 13.2 Å². The standard InChI is InChI=1S/C94H177N2O22P/c1-7-13-19-25-31-37-38-44-50-56-62-68-84(103)113-78(66-60-54-48-42-35-29-23-17-11-5)72-86(105)117-92-88(96-82(101)71-77(65-59-53-47-41-34-28-22-16-10-4)112-83(102)67-61-55-49-43-36-30-24-18-12-6)94(115-79(73-97)90(92)118-119(108,109)110)111-74-80-89(106)91(116-85(104)70-76(99)64-58-52-46-40-33-27-21-15-9-3)87(93(107)114-80)95-81(100)69-75(98)63-57-51-45-39-32-26-20-14-8-2/h75-80,87-94,97-99,106-107H,7-74H2,1-6H3,(H,95,100)(H,96,101)(H2,108,109,110)/t75-,76-,77-,78-,79?,80?,87+,88+,89-,90-,91?,92?,93?,94-/m1/s1. The number of aliphatic hydroxyl groups excluding tert-OH is 5. The van der Waals surface area contributed by atoms with E-state index in [1.807, 2.05) is 0 Å². The molecule has 2 saturated heterocycles. The molecule has 24 nitrogen and oxygen atoms in total. The van der Waals surface area contributed by atoms with Crippen molar-refractivity contribution in [3.05, 3.63) is 0 Å². The number of amides is 2. The lowest BCUT2D eigenvalue weighted by atomic mass is 9.95. The van der Waals surface area contributed by atoms with E-state index >= 15 is 4.79 Å². The first-order valence-corrected chi connectivity index (χ1v) is 50.5. The third-order valence-corrected chi connectivity index (χ3v) is 24.1. The summed E-state index contributed by atoms with van der Waals surface area (Å²) in [5, 5.41) is 63.2. The molecule has 0 aromatic carbocycles. The molecule has 0 aromatic heterocycles. The maximum atomic E-state index is 15.1. The molecule has 0 spiro atoms. The van der Waals surface area contributed by atoms with Gasteiger partial charge in [-0.3, -0.25) is 33.3 Å². The molecule has 119 heavy (non-hydrogen) atoms. The Balaban J connectivity index is 2.73. The highest BCUT2D eigenvalue weighted by Gasteiger charge is 2.54. The molecule has 0 radical (unpaired) electrons. The van der Waals surface area contributed by atoms with Gasteiger partial charge in [0.2, 0.25) is 11.8 Å². The number of nitrogens with one attached hydrogen (secondary N) is 2. The smallest absolute Gasteiger partial charge is 0.462 e. The van der Waals surface area contributed by atoms with Crippen molar-refractivity contribution in [1.82, 2.24) is 10.6 Å². The Morgan fingerprint density at radius 3 is 1.03 bits per heavy atom. The van der Waals surface area contributed by atoms with Crippen LogP contribution >= 0.6 is 7.82 Å². The number of phosphoric ester groups is 1. The van der Waals surface area contributed by atoms with Gasteiger partial charge in [0.05, 0.1) is 51.1 Å². The predicted molar refractivity (Wildman–Crippen MR) is 470 cm³/mol. The molecule has 2 aliphatic heterocycles. The minimum absolute atomic E-state index is 0.111. The van der Waals surface area contributed by atoms with Gasteiger partial charge in [-0.1, -0.05) is 375 Å². The number of ether oxygens (including phenoxy) is 7. The SMILES string of the molecule is CCCCCCCCCCCCCC(=O)O[C@H](CCCCCCCCCCC)CC(=O)OC1[C@H](OP(=O)(O)O)C(CO)O[C@@H](OCC2OC(O)[C@@H](NC(=O)C[C@H](O)CCCCCCCCCCC)C(OC(=O)C[C@H](O)CCCCCCCCCCC)[C@@H]2O)[C@H]1NC(=O)C[C@@H](CCCCCCCCCCC)OC(=O)CCCCCCCCCCC. The Morgan fingerprint density at radius 1 is 0.353 bits per heavy atom. The van der Waals surface area contributed by atoms with Crippen molar-refractivity contribution in [2.24, 2.45) is 0 Å². The summed E-state index contributed by atoms with van der Waals surface area (Å²) in [6.45, 7) is 11.2. The average Bonchev–Trinajstić information content (AvgIpc) is 0.777. The highest BCUT2D eigenvalue weighted by atomic mass is 31.2. The zero-order chi connectivity index (χ0) is 87.2. The zero-order valence-corrected chi connectivity index (χ0v) is 76.8. The first-order valence-electron chi connectivity index (χ1n) is 49.0. The molecule has 25 heteroatoms. The second-order valence-corrected chi connectivity index (χ2v) is 36.1. The first-order chi connectivity index (χ1) is 57.6. The Labute approximate surface area is 721 Å². The summed E-state index contributed by atoms with van der Waals surface area (Å²) in [5.41, 5.74) is 0. The molecule has 0 saturated carbocycles. The molecule has 2 rings (SSSR count). The van der Waals surface area contributed by atoms with E-state index in [4.69, 9.17) is 37.7 Å². The Morgan fingerprint density at radius 2 is 0.664 bits per heavy atom. The van der Waals surface area contributed by atoms with Crippen LogP contribution in [0, 0.1) is 0 Å². The van der Waals surface area contributed by atoms with Crippen LogP contribution in [0.25, 0.3) is 0 Å². The van der Waals surface area contributed by atoms with Gasteiger partial charge in [0.15, 0.2) is 24.8 Å². The number of rotatable bonds is 82. The van der Waals surface area contributed by atoms with Crippen molar-refractivity contribution in [2.45, 2.75) is 551 Å². The minimum Gasteiger partial charge on any atom is -0.462 e. The van der Waals surface area contributed by atoms with Crippen LogP contribution in [0.1, 0.15) is 465 Å². The molecular formula is C94H177N2O22P. The lowest BCUT2D eigenvalue weighted by Crippen LogP contribution is -2.68. The van der Waals surface area contributed by atoms with E-state index in [2.05, 4.69) is 52.2 Å². The molecule has 2 aliphatic rings. The monoisotopic (exact) mass is 1720 g/mol. The van der Waals surface area contributed by atoms with Crippen LogP contribution in [-0.2, 0) is 71.0 Å². The lowest BCUT2D eigenvalue weighted by molar-refractivity contribution is -0.298. The highest BCUT2D eigenvalue weighted by molar-refractivity contribution is 7.46. The number of carbonyl (C=O) groups is 6. The van der Waals surface area contributed by atoms with Gasteiger partial charge in [0, 0.05) is 12.8 Å². The van der Waals surface area contributed by atoms with E-state index in [-0.39, 0.29) is 25.7 Å². The van der Waals surface area contributed by atoms with Crippen LogP contribution in [0.3, 0.4) is 0 Å². The number of esters is 4. The number of aliphatic hydroxyl groups is 5. The minimum atomic E-state index is -5.62. The van der Waals surface area contributed by atoms with Crippen molar-refractivity contribution in [1.29, 1.82) is 0 Å². The van der Waals surface area contributed by atoms with Gasteiger partial charge in [-0.05, 0) is 51.4 Å². The van der Waals surface area contributed by atoms with Gasteiger partial charge in [-0.25, -0.2) is 4.57 Å². The fraction of sp³-hybridized carbons (Fsp3) is 0.936. The molecule has 5 unspecified atom stereocenters. The van der Waals surface area contributed by atoms with E-state index < -0.39 is 168 Å². The Hall–Kier alpha value is -3.39. The van der Waals surface area contributed by atoms with Crippen LogP contribution in [0.2, 0.25) is 0 Å². The highest BCUT2D eigenvalue weighted by Crippen LogP contribution is 2.43. The van der Waals surface area contributed by atoms with E-state index in [1.54, 1.807) is 0 Å². The van der Waals surface area contributed by atoms with Gasteiger partial charge < -0.3 is 79.1 Å². The summed E-state index contributed by atoms with van der Waals surface area (Å²) in [4.78, 5) is 107. The molecule has 14 atom stereocenters. The van der Waals surface area contributed by atoms with Gasteiger partial charge in [-0.15, -0.1) is 0 Å². The third kappa shape index (κ3) is 59.3. The fourth-order valence-electron chi connectivity index (χ4n) is 16.4. The van der Waals surface area contributed by atoms with Crippen molar-refractivity contribution >= 4 is 43.5 Å². The molecule has 2 amide bonds. The van der Waals surface area contributed by atoms with Crippen LogP contribution in [0.4, 0.5) is 0 Å². The molecular weight excluding hydrogens is 1540 g/mol. The number of unbranched alkanes of at least 4 members (excludes halogenated alkanes) is 50. The fourth-order valence-corrected chi connectivity index (χ4v) is 16.9. The Kier molecular flexibility index (Phi) is 70.2. The van der Waals surface area contributed by atoms with E-state index in [0.29, 0.717) is 51.4 Å². The molecule has 0 bridgehead atoms. The quantitative estimate of drug-likeness (QED) is 0.0118. The number of carbonyl (C=O) groups excluding carboxylic acids is 6. The first kappa shape index (κ1) is 112. The maximum Gasteiger partial charge on any atom is 0.470 e.